The number of carbonyl (C=O) groups excluding carboxylic acids is 2. The molecule has 0 unspecified atom stereocenters. The summed E-state index contributed by atoms with van der Waals surface area (Å²) in [6, 6.07) is 11.2. The fourth-order valence-electron chi connectivity index (χ4n) is 1.96. The molecule has 1 aromatic heterocycles. The fourth-order valence-corrected chi connectivity index (χ4v) is 2.54. The standard InChI is InChI=1S/C18H21N3O2S/c1-18(2,3)14-8-6-13(7-9-14)17(23)19-12-16(22)21-20-11-15-5-4-10-24-15/h4-11H,12H2,1-3H3,(H,19,23)(H,21,22)/b20-11+. The predicted octanol–water partition coefficient (Wildman–Crippen LogP) is 2.93. The van der Waals surface area contributed by atoms with Crippen LogP contribution < -0.4 is 10.7 Å². The molecule has 0 aliphatic carbocycles. The summed E-state index contributed by atoms with van der Waals surface area (Å²) in [6.45, 7) is 6.22. The average molecular weight is 343 g/mol. The van der Waals surface area contributed by atoms with Gasteiger partial charge in [0, 0.05) is 10.4 Å². The minimum absolute atomic E-state index is 0.0372. The summed E-state index contributed by atoms with van der Waals surface area (Å²) in [4.78, 5) is 24.6. The first kappa shape index (κ1) is 17.9. The molecular formula is C18H21N3O2S. The van der Waals surface area contributed by atoms with Crippen molar-refractivity contribution in [2.24, 2.45) is 5.10 Å². The van der Waals surface area contributed by atoms with E-state index in [1.165, 1.54) is 11.3 Å². The highest BCUT2D eigenvalue weighted by atomic mass is 32.1. The van der Waals surface area contributed by atoms with Crippen LogP contribution in [0.3, 0.4) is 0 Å². The van der Waals surface area contributed by atoms with Crippen LogP contribution in [0.4, 0.5) is 0 Å². The van der Waals surface area contributed by atoms with Gasteiger partial charge >= 0.3 is 0 Å². The number of thiophene rings is 1. The van der Waals surface area contributed by atoms with Gasteiger partial charge in [-0.1, -0.05) is 39.0 Å². The molecule has 0 radical (unpaired) electrons. The molecule has 0 saturated carbocycles. The lowest BCUT2D eigenvalue weighted by Crippen LogP contribution is -2.34. The maximum atomic E-state index is 12.0. The van der Waals surface area contributed by atoms with Gasteiger partial charge in [0.1, 0.15) is 0 Å². The van der Waals surface area contributed by atoms with Crippen LogP contribution in [0.15, 0.2) is 46.9 Å². The van der Waals surface area contributed by atoms with Gasteiger partial charge in [0.2, 0.25) is 0 Å². The van der Waals surface area contributed by atoms with Gasteiger partial charge in [0.05, 0.1) is 12.8 Å². The van der Waals surface area contributed by atoms with E-state index >= 15 is 0 Å². The number of nitrogens with one attached hydrogen (secondary N) is 2. The largest absolute Gasteiger partial charge is 0.343 e. The van der Waals surface area contributed by atoms with Crippen LogP contribution in [0.5, 0.6) is 0 Å². The van der Waals surface area contributed by atoms with Crippen molar-refractivity contribution < 1.29 is 9.59 Å². The molecule has 0 fully saturated rings. The molecule has 0 atom stereocenters. The van der Waals surface area contributed by atoms with Crippen LogP contribution in [0, 0.1) is 0 Å². The topological polar surface area (TPSA) is 70.6 Å². The number of nitrogens with zero attached hydrogens (tertiary/aromatic N) is 1. The lowest BCUT2D eigenvalue weighted by Gasteiger charge is -2.19. The average Bonchev–Trinajstić information content (AvgIpc) is 3.05. The Morgan fingerprint density at radius 3 is 2.46 bits per heavy atom. The Hall–Kier alpha value is -2.47. The van der Waals surface area contributed by atoms with Gasteiger partial charge in [-0.05, 0) is 34.6 Å². The molecule has 2 amide bonds. The zero-order valence-electron chi connectivity index (χ0n) is 14.0. The lowest BCUT2D eigenvalue weighted by atomic mass is 9.87. The summed E-state index contributed by atoms with van der Waals surface area (Å²) in [5.74, 6) is -0.657. The van der Waals surface area contributed by atoms with Crippen LogP contribution >= 0.6 is 11.3 Å². The second-order valence-electron chi connectivity index (χ2n) is 6.32. The lowest BCUT2D eigenvalue weighted by molar-refractivity contribution is -0.120. The van der Waals surface area contributed by atoms with Gasteiger partial charge in [-0.25, -0.2) is 5.43 Å². The van der Waals surface area contributed by atoms with E-state index in [9.17, 15) is 9.59 Å². The molecule has 6 heteroatoms. The first-order valence-corrected chi connectivity index (χ1v) is 8.48. The normalized spacial score (nSPS) is 11.5. The molecule has 2 rings (SSSR count). The summed E-state index contributed by atoms with van der Waals surface area (Å²) in [7, 11) is 0. The van der Waals surface area contributed by atoms with Crippen molar-refractivity contribution in [3.05, 3.63) is 57.8 Å². The Balaban J connectivity index is 1.81. The molecule has 0 bridgehead atoms. The van der Waals surface area contributed by atoms with Crippen molar-refractivity contribution in [1.29, 1.82) is 0 Å². The smallest absolute Gasteiger partial charge is 0.259 e. The van der Waals surface area contributed by atoms with Gasteiger partial charge in [-0.15, -0.1) is 11.3 Å². The molecular weight excluding hydrogens is 322 g/mol. The molecule has 24 heavy (non-hydrogen) atoms. The number of hydrogen-bond donors (Lipinski definition) is 2. The van der Waals surface area contributed by atoms with Crippen LogP contribution in [-0.2, 0) is 10.2 Å². The van der Waals surface area contributed by atoms with E-state index in [2.05, 4.69) is 36.6 Å². The van der Waals surface area contributed by atoms with Crippen molar-refractivity contribution in [3.63, 3.8) is 0 Å². The maximum Gasteiger partial charge on any atom is 0.259 e. The number of benzene rings is 1. The third-order valence-corrected chi connectivity index (χ3v) is 4.15. The number of hydrazone groups is 1. The quantitative estimate of drug-likeness (QED) is 0.647. The Bertz CT molecular complexity index is 714. The zero-order valence-corrected chi connectivity index (χ0v) is 14.8. The van der Waals surface area contributed by atoms with Crippen molar-refractivity contribution in [3.8, 4) is 0 Å². The van der Waals surface area contributed by atoms with E-state index in [1.54, 1.807) is 18.3 Å². The highest BCUT2D eigenvalue weighted by molar-refractivity contribution is 7.11. The van der Waals surface area contributed by atoms with E-state index in [-0.39, 0.29) is 23.8 Å². The first-order valence-electron chi connectivity index (χ1n) is 7.60. The molecule has 2 aromatic rings. The van der Waals surface area contributed by atoms with E-state index in [0.29, 0.717) is 5.56 Å². The molecule has 2 N–H and O–H groups in total. The molecule has 5 nitrogen and oxygen atoms in total. The molecule has 1 heterocycles. The van der Waals surface area contributed by atoms with Gasteiger partial charge in [-0.3, -0.25) is 9.59 Å². The molecule has 1 aromatic carbocycles. The van der Waals surface area contributed by atoms with Gasteiger partial charge in [0.25, 0.3) is 11.8 Å². The van der Waals surface area contributed by atoms with Crippen molar-refractivity contribution in [2.75, 3.05) is 6.54 Å². The van der Waals surface area contributed by atoms with Crippen molar-refractivity contribution in [2.45, 2.75) is 26.2 Å². The predicted molar refractivity (Wildman–Crippen MR) is 97.5 cm³/mol. The van der Waals surface area contributed by atoms with Crippen LogP contribution in [0.25, 0.3) is 0 Å². The number of rotatable bonds is 5. The molecule has 0 aliphatic heterocycles. The SMILES string of the molecule is CC(C)(C)c1ccc(C(=O)NCC(=O)N/N=C/c2cccs2)cc1. The molecule has 0 saturated heterocycles. The molecule has 0 spiro atoms. The van der Waals surface area contributed by atoms with Gasteiger partial charge < -0.3 is 5.32 Å². The second-order valence-corrected chi connectivity index (χ2v) is 7.30. The van der Waals surface area contributed by atoms with E-state index in [4.69, 9.17) is 0 Å². The van der Waals surface area contributed by atoms with Crippen LogP contribution in [-0.4, -0.2) is 24.6 Å². The van der Waals surface area contributed by atoms with Crippen molar-refractivity contribution >= 4 is 29.4 Å². The Morgan fingerprint density at radius 2 is 1.88 bits per heavy atom. The molecule has 0 aliphatic rings. The Labute approximate surface area is 145 Å². The maximum absolute atomic E-state index is 12.0. The van der Waals surface area contributed by atoms with Crippen molar-refractivity contribution in [1.82, 2.24) is 10.7 Å². The third kappa shape index (κ3) is 5.31. The van der Waals surface area contributed by atoms with E-state index < -0.39 is 0 Å². The summed E-state index contributed by atoms with van der Waals surface area (Å²) in [5.41, 5.74) is 4.09. The summed E-state index contributed by atoms with van der Waals surface area (Å²) in [5, 5.41) is 8.34. The van der Waals surface area contributed by atoms with Gasteiger partial charge in [-0.2, -0.15) is 5.10 Å². The first-order chi connectivity index (χ1) is 11.4. The summed E-state index contributed by atoms with van der Waals surface area (Å²) in [6.07, 6.45) is 1.57. The number of amides is 2. The second kappa shape index (κ2) is 7.88. The number of carbonyl (C=O) groups is 2. The summed E-state index contributed by atoms with van der Waals surface area (Å²) < 4.78 is 0. The highest BCUT2D eigenvalue weighted by Crippen LogP contribution is 2.22. The number of hydrogen-bond acceptors (Lipinski definition) is 4. The Morgan fingerprint density at radius 1 is 1.17 bits per heavy atom. The van der Waals surface area contributed by atoms with Crippen LogP contribution in [0.2, 0.25) is 0 Å². The van der Waals surface area contributed by atoms with E-state index in [1.807, 2.05) is 29.6 Å². The highest BCUT2D eigenvalue weighted by Gasteiger charge is 2.14. The third-order valence-electron chi connectivity index (χ3n) is 3.35. The minimum Gasteiger partial charge on any atom is -0.343 e. The van der Waals surface area contributed by atoms with Crippen LogP contribution in [0.1, 0.15) is 41.6 Å². The fraction of sp³-hybridized carbons (Fsp3) is 0.278. The van der Waals surface area contributed by atoms with Gasteiger partial charge in [0.15, 0.2) is 0 Å². The Kier molecular flexibility index (Phi) is 5.87. The molecule has 126 valence electrons. The minimum atomic E-state index is -0.373. The monoisotopic (exact) mass is 343 g/mol. The zero-order chi connectivity index (χ0) is 17.6. The van der Waals surface area contributed by atoms with E-state index in [0.717, 1.165) is 10.4 Å². The summed E-state index contributed by atoms with van der Waals surface area (Å²) >= 11 is 1.52.